The van der Waals surface area contributed by atoms with E-state index in [1.54, 1.807) is 0 Å². The van der Waals surface area contributed by atoms with Crippen molar-refractivity contribution >= 4 is 210 Å². The van der Waals surface area contributed by atoms with Crippen LogP contribution in [0, 0.1) is 27.7 Å². The molecule has 8 atom stereocenters. The molecular weight excluding hydrogens is 1210 g/mol. The Labute approximate surface area is 493 Å². The summed E-state index contributed by atoms with van der Waals surface area (Å²) >= 11 is 0. The second-order valence-electron chi connectivity index (χ2n) is 8.75. The smallest absolute Gasteiger partial charge is 0.0654 e. The van der Waals surface area contributed by atoms with Gasteiger partial charge in [-0.2, -0.15) is 9.90 Å². The Bertz CT molecular complexity index is 1350. The van der Waals surface area contributed by atoms with Gasteiger partial charge in [-0.3, -0.25) is 0 Å². The number of aromatic nitrogens is 4. The third-order valence-electron chi connectivity index (χ3n) is 5.63. The van der Waals surface area contributed by atoms with Crippen LogP contribution >= 0.6 is 87.3 Å². The Morgan fingerprint density at radius 1 is 0.486 bits per heavy atom. The molecule has 8 unspecified atom stereocenters. The largest absolute Gasteiger partial charge is 0.657 e. The van der Waals surface area contributed by atoms with Gasteiger partial charge in [0, 0.05) is 98.4 Å². The van der Waals surface area contributed by atoms with E-state index >= 15 is 0 Å². The Kier molecular flexibility index (Phi) is 185. The molecule has 25 heteroatoms. The van der Waals surface area contributed by atoms with Gasteiger partial charge in [0.25, 0.3) is 0 Å². The molecule has 0 saturated carbocycles. The number of hydrogen-bond donors (Lipinski definition) is 0. The first-order valence-electron chi connectivity index (χ1n) is 21.1. The Hall–Kier alpha value is 2.29. The molecule has 5 rings (SSSR count). The average molecular weight is 1320 g/mol. The maximum absolute atomic E-state index is 4.84. The van der Waals surface area contributed by atoms with E-state index in [2.05, 4.69) is 193 Å². The summed E-state index contributed by atoms with van der Waals surface area (Å²) in [5.74, 6) is 0. The molecule has 0 amide bonds. The van der Waals surface area contributed by atoms with Crippen molar-refractivity contribution in [1.29, 1.82) is 0 Å². The molecule has 19 radical (unpaired) electrons. The van der Waals surface area contributed by atoms with Crippen molar-refractivity contribution in [1.82, 2.24) is 19.9 Å². The minimum absolute atomic E-state index is 0. The van der Waals surface area contributed by atoms with Crippen LogP contribution in [-0.4, -0.2) is 86.0 Å². The number of rotatable bonds is 0. The second-order valence-corrected chi connectivity index (χ2v) is 24.7. The monoisotopic (exact) mass is 1320 g/mol. The molecule has 3 aromatic heterocycles. The third-order valence-corrected chi connectivity index (χ3v) is 5.63. The maximum atomic E-state index is 4.84. The van der Waals surface area contributed by atoms with Gasteiger partial charge >= 0.3 is 0 Å². The summed E-state index contributed by atoms with van der Waals surface area (Å²) in [6.07, 6.45) is 7.57. The summed E-state index contributed by atoms with van der Waals surface area (Å²) in [6, 6.07) is 8.23. The summed E-state index contributed by atoms with van der Waals surface area (Å²) in [5.41, 5.74) is 11.9. The van der Waals surface area contributed by atoms with E-state index in [1.165, 1.54) is 0 Å². The fourth-order valence-corrected chi connectivity index (χ4v) is 3.64. The molecule has 0 N–H and O–H groups in total. The summed E-state index contributed by atoms with van der Waals surface area (Å²) in [5, 5.41) is 0. The van der Waals surface area contributed by atoms with Gasteiger partial charge in [0.05, 0.1) is 22.8 Å². The predicted octanol–water partition coefficient (Wildman–Crippen LogP) is 16.5. The summed E-state index contributed by atoms with van der Waals surface area (Å²) in [6.45, 7) is 40.4. The van der Waals surface area contributed by atoms with Crippen LogP contribution in [0.2, 0.25) is 0 Å². The van der Waals surface area contributed by atoms with E-state index in [0.29, 0.717) is 0 Å². The molecule has 399 valence electrons. The van der Waals surface area contributed by atoms with Gasteiger partial charge < -0.3 is 9.97 Å². The quantitative estimate of drug-likeness (QED) is 0.115. The molecule has 8 bridgehead atoms. The molecule has 70 heavy (non-hydrogen) atoms. The molecule has 0 spiro atoms. The van der Waals surface area contributed by atoms with Crippen LogP contribution < -0.4 is 9.97 Å². The molecule has 2 aliphatic rings. The first-order valence-corrected chi connectivity index (χ1v) is 34.6. The van der Waals surface area contributed by atoms with Crippen LogP contribution in [0.5, 0.6) is 0 Å². The van der Waals surface area contributed by atoms with Gasteiger partial charge in [-0.15, -0.1) is 84.6 Å². The fourth-order valence-electron chi connectivity index (χ4n) is 3.64. The Morgan fingerprint density at radius 3 is 0.686 bits per heavy atom. The van der Waals surface area contributed by atoms with Gasteiger partial charge in [0.1, 0.15) is 0 Å². The van der Waals surface area contributed by atoms with Crippen LogP contribution in [0.25, 0.3) is 46.4 Å². The topological polar surface area (TPSA) is 54.0 Å². The van der Waals surface area contributed by atoms with Crippen molar-refractivity contribution in [2.75, 3.05) is 0 Å². The number of nitrogens with zero attached hydrogens (tertiary/aromatic N) is 4. The Balaban J connectivity index is -0.0000000344. The molecule has 0 fully saturated rings. The van der Waals surface area contributed by atoms with Crippen LogP contribution in [0.3, 0.4) is 0 Å². The molecule has 2 aliphatic heterocycles. The summed E-state index contributed by atoms with van der Waals surface area (Å²) in [7, 11) is 50.7. The van der Waals surface area contributed by atoms with E-state index in [1.807, 2.05) is 111 Å². The summed E-state index contributed by atoms with van der Waals surface area (Å²) in [4.78, 5) is 19.4. The zero-order valence-corrected chi connectivity index (χ0v) is 57.7. The standard InChI is InChI=1S/C24H20N4.8C2H6.5CH4.Au.B4.B3.B2.B.H6P4.H5P3.H4P2.H3P/c1-13-17-5-7-19(25-17)14(2)21-9-11-23(27-21)16(4)24-12-10-22(28-24)15(3)20-8-6-18(13)26-20;8*1-2;;;;;;;1-4(2)3;1-3-2;1-2;;1-4(2)3;1-3-2;1-2;/h5-12H,1-4H3;8*1-2H3;5*1H4;;;;;;1-3H2;3H,1-2H2;1-2H2;1H3/q-2;;;;;;;;;;;;;;;;;;;;;;. The molecule has 0 aromatic carbocycles. The first kappa shape index (κ1) is 125. The number of fused-ring (bicyclic) bond motifs is 8. The Morgan fingerprint density at radius 2 is 0.586 bits per heavy atom. The zero-order valence-electron chi connectivity index (χ0n) is 44.2. The van der Waals surface area contributed by atoms with E-state index in [9.17, 15) is 0 Å². The SMILES string of the molecule is C.C.C.C.C.CC.CC.CC.CC.CC.CC.CC.CC.Cc1c2nc(c(C)c3ccc([n-]3)c(C)c3nc(c(C)c4ccc1[n-]4)C=C3)C=C2.P.PP.PP(P)P.PPP.[Au].[B].[B]B([B])[B].[B][B].[B][B][B]. The summed E-state index contributed by atoms with van der Waals surface area (Å²) < 4.78 is 0. The van der Waals surface area contributed by atoms with Gasteiger partial charge in [0.2, 0.25) is 0 Å². The zero-order chi connectivity index (χ0) is 52.0. The maximum Gasteiger partial charge on any atom is 0.0654 e. The van der Waals surface area contributed by atoms with Gasteiger partial charge in [-0.25, -0.2) is 9.97 Å². The van der Waals surface area contributed by atoms with Crippen molar-refractivity contribution in [3.63, 3.8) is 0 Å². The van der Waals surface area contributed by atoms with Crippen molar-refractivity contribution < 1.29 is 22.4 Å². The minimum atomic E-state index is -0.667. The third kappa shape index (κ3) is 68.3. The van der Waals surface area contributed by atoms with Crippen molar-refractivity contribution in [2.45, 2.75) is 176 Å². The van der Waals surface area contributed by atoms with Crippen LogP contribution in [0.4, 0.5) is 0 Å². The molecule has 0 saturated heterocycles. The van der Waals surface area contributed by atoms with Gasteiger partial charge in [-0.1, -0.05) is 180 Å². The molecule has 0 aliphatic carbocycles. The number of hydrogen-bond acceptors (Lipinski definition) is 2. The normalized spacial score (nSPS) is 7.20. The molecule has 5 heterocycles. The van der Waals surface area contributed by atoms with E-state index < -0.39 is 6.39 Å². The molecular formula is C45H106AuB10N4P10-2. The fraction of sp³-hybridized carbons (Fsp3) is 0.556. The first-order chi connectivity index (χ1) is 29.8. The van der Waals surface area contributed by atoms with Crippen molar-refractivity contribution in [3.05, 3.63) is 69.3 Å². The van der Waals surface area contributed by atoms with Crippen LogP contribution in [-0.2, 0) is 22.4 Å². The van der Waals surface area contributed by atoms with E-state index in [4.69, 9.17) is 19.9 Å². The van der Waals surface area contributed by atoms with E-state index in [0.717, 1.165) is 82.1 Å². The average Bonchev–Trinajstić information content (AvgIpc) is 4.18. The number of aryl methyl sites for hydroxylation is 4. The minimum Gasteiger partial charge on any atom is -0.657 e. The second kappa shape index (κ2) is 104. The van der Waals surface area contributed by atoms with Crippen LogP contribution in [0.1, 0.15) is 193 Å². The van der Waals surface area contributed by atoms with Crippen molar-refractivity contribution in [2.24, 2.45) is 0 Å². The molecule has 4 nitrogen and oxygen atoms in total. The van der Waals surface area contributed by atoms with Crippen molar-refractivity contribution in [3.8, 4) is 0 Å². The predicted molar refractivity (Wildman–Crippen MR) is 392 cm³/mol. The van der Waals surface area contributed by atoms with Crippen LogP contribution in [0.15, 0.2) is 24.3 Å². The molecule has 3 aromatic rings. The van der Waals surface area contributed by atoms with Gasteiger partial charge in [-0.05, 0) is 81.2 Å². The van der Waals surface area contributed by atoms with Gasteiger partial charge in [0.15, 0.2) is 0 Å². The van der Waals surface area contributed by atoms with E-state index in [-0.39, 0.29) is 84.8 Å².